The van der Waals surface area contributed by atoms with Gasteiger partial charge in [0.15, 0.2) is 6.30 Å². The molecular weight excluding hydrogens is 891 g/mol. The molecule has 0 saturated heterocycles. The number of alkyl halides is 1. The van der Waals surface area contributed by atoms with Crippen molar-refractivity contribution in [2.24, 2.45) is 5.92 Å². The Morgan fingerprint density at radius 3 is 1.45 bits per heavy atom. The molecule has 2 aromatic rings. The van der Waals surface area contributed by atoms with Crippen LogP contribution >= 0.6 is 0 Å². The topological polar surface area (TPSA) is 411 Å². The van der Waals surface area contributed by atoms with Crippen LogP contribution in [0.3, 0.4) is 0 Å². The minimum atomic E-state index is -2.02. The van der Waals surface area contributed by atoms with Crippen molar-refractivity contribution in [3.8, 4) is 0 Å². The third kappa shape index (κ3) is 19.8. The van der Waals surface area contributed by atoms with Gasteiger partial charge in [-0.2, -0.15) is 0 Å². The van der Waals surface area contributed by atoms with Gasteiger partial charge in [-0.1, -0.05) is 6.92 Å². The standard InChI is InChI=1S/C37H51FN10O18/c1-21(34(61)41-7-3-2-4-22(35(62)63)42-37(66)43-23(36(64)65)5-6-29(51)52)12-24(38)46(13-25-39-8-10-44(25)15-27(49)47(17-30(53)54)18-31(55)56)14-26-40-9-11-45(26)16-28(50)48(19-32(57)58)20-33(59)60/h8-11,21-24H,2-7,12-20H2,1H3,(H,41,61)(H,51,52)(H,53,54)(H,55,56)(H,57,58)(H,59,60)(H,62,63)(H,64,65)(H2,42,43,66)/t21?,22-,23-,24?/m0/s1. The minimum absolute atomic E-state index is 0.00324. The smallest absolute Gasteiger partial charge is 0.326 e. The number of carboxylic acid groups (broad SMARTS) is 7. The summed E-state index contributed by atoms with van der Waals surface area (Å²) in [5.74, 6) is -13.8. The van der Waals surface area contributed by atoms with Crippen LogP contribution in [0.1, 0.15) is 57.1 Å². The van der Waals surface area contributed by atoms with Gasteiger partial charge in [-0.05, 0) is 25.7 Å². The summed E-state index contributed by atoms with van der Waals surface area (Å²) in [7, 11) is 0. The van der Waals surface area contributed by atoms with E-state index in [1.165, 1.54) is 40.8 Å². The van der Waals surface area contributed by atoms with Crippen LogP contribution in [-0.4, -0.2) is 186 Å². The predicted molar refractivity (Wildman–Crippen MR) is 214 cm³/mol. The first kappa shape index (κ1) is 54.4. The number of unbranched alkanes of at least 4 members (excludes halogenated alkanes) is 1. The lowest BCUT2D eigenvalue weighted by Gasteiger charge is -2.28. The van der Waals surface area contributed by atoms with Gasteiger partial charge in [-0.25, -0.2) is 28.7 Å². The number of carboxylic acids is 7. The Balaban J connectivity index is 2.21. The van der Waals surface area contributed by atoms with Crippen molar-refractivity contribution >= 4 is 65.5 Å². The van der Waals surface area contributed by atoms with E-state index in [1.54, 1.807) is 0 Å². The lowest BCUT2D eigenvalue weighted by atomic mass is 10.1. The summed E-state index contributed by atoms with van der Waals surface area (Å²) >= 11 is 0. The summed E-state index contributed by atoms with van der Waals surface area (Å²) in [6.45, 7) is -4.54. The lowest BCUT2D eigenvalue weighted by molar-refractivity contribution is -0.150. The molecule has 28 nitrogen and oxygen atoms in total. The molecule has 29 heteroatoms. The van der Waals surface area contributed by atoms with Gasteiger partial charge in [0.25, 0.3) is 0 Å². The van der Waals surface area contributed by atoms with E-state index in [1.807, 2.05) is 5.32 Å². The van der Waals surface area contributed by atoms with Crippen LogP contribution in [0.4, 0.5) is 9.18 Å². The highest BCUT2D eigenvalue weighted by Crippen LogP contribution is 2.20. The summed E-state index contributed by atoms with van der Waals surface area (Å²) in [5.41, 5.74) is 0. The van der Waals surface area contributed by atoms with Crippen LogP contribution in [0, 0.1) is 5.92 Å². The highest BCUT2D eigenvalue weighted by Gasteiger charge is 2.29. The molecule has 0 aliphatic heterocycles. The second kappa shape index (κ2) is 26.8. The molecule has 0 bridgehead atoms. The number of carbonyl (C=O) groups is 11. The van der Waals surface area contributed by atoms with E-state index in [4.69, 9.17) is 5.11 Å². The van der Waals surface area contributed by atoms with E-state index in [-0.39, 0.29) is 37.5 Å². The van der Waals surface area contributed by atoms with E-state index in [2.05, 4.69) is 20.6 Å². The number of aromatic nitrogens is 4. The fourth-order valence-corrected chi connectivity index (χ4v) is 6.05. The number of aliphatic carboxylic acids is 7. The van der Waals surface area contributed by atoms with Gasteiger partial charge < -0.3 is 70.6 Å². The van der Waals surface area contributed by atoms with Crippen LogP contribution in [0.25, 0.3) is 0 Å². The van der Waals surface area contributed by atoms with Crippen LogP contribution in [0.5, 0.6) is 0 Å². The molecule has 2 heterocycles. The number of amides is 5. The fraction of sp³-hybridized carbons (Fsp3) is 0.541. The Kier molecular flexibility index (Phi) is 22.1. The van der Waals surface area contributed by atoms with E-state index in [0.29, 0.717) is 9.80 Å². The molecule has 0 saturated carbocycles. The van der Waals surface area contributed by atoms with Gasteiger partial charge in [-0.3, -0.25) is 43.3 Å². The molecule has 2 aromatic heterocycles. The minimum Gasteiger partial charge on any atom is -0.481 e. The van der Waals surface area contributed by atoms with Crippen molar-refractivity contribution in [2.45, 2.75) is 90.0 Å². The third-order valence-electron chi connectivity index (χ3n) is 9.38. The first-order chi connectivity index (χ1) is 31.0. The monoisotopic (exact) mass is 942 g/mol. The number of hydrogen-bond acceptors (Lipinski definition) is 14. The van der Waals surface area contributed by atoms with Gasteiger partial charge in [-0.15, -0.1) is 0 Å². The van der Waals surface area contributed by atoms with Gasteiger partial charge >= 0.3 is 47.8 Å². The largest absolute Gasteiger partial charge is 0.481 e. The SMILES string of the molecule is CC(CC(F)N(Cc1nccn1CC(=O)N(CC(=O)O)CC(=O)O)Cc1nccn1CC(=O)N(CC(=O)O)CC(=O)O)C(=O)NCCCC[C@H](NC(=O)N[C@@H](CCC(=O)O)C(=O)O)C(=O)O. The van der Waals surface area contributed by atoms with Crippen molar-refractivity contribution < 1.29 is 92.9 Å². The second-order valence-electron chi connectivity index (χ2n) is 14.6. The Morgan fingerprint density at radius 2 is 1.06 bits per heavy atom. The van der Waals surface area contributed by atoms with Crippen molar-refractivity contribution in [3.63, 3.8) is 0 Å². The average molecular weight is 943 g/mol. The zero-order chi connectivity index (χ0) is 49.7. The molecule has 364 valence electrons. The van der Waals surface area contributed by atoms with Crippen LogP contribution in [0.2, 0.25) is 0 Å². The van der Waals surface area contributed by atoms with E-state index in [9.17, 15) is 83.4 Å². The maximum Gasteiger partial charge on any atom is 0.326 e. The molecule has 66 heavy (non-hydrogen) atoms. The first-order valence-electron chi connectivity index (χ1n) is 19.8. The molecule has 0 aliphatic carbocycles. The quantitative estimate of drug-likeness (QED) is 0.0274. The predicted octanol–water partition coefficient (Wildman–Crippen LogP) is -2.24. The molecule has 0 fully saturated rings. The Labute approximate surface area is 373 Å². The third-order valence-corrected chi connectivity index (χ3v) is 9.38. The maximum absolute atomic E-state index is 16.5. The Morgan fingerprint density at radius 1 is 0.636 bits per heavy atom. The molecule has 2 rings (SSSR count). The normalized spacial score (nSPS) is 12.8. The van der Waals surface area contributed by atoms with Gasteiger partial charge in [0.1, 0.15) is 63.0 Å². The summed E-state index contributed by atoms with van der Waals surface area (Å²) in [6.07, 6.45) is 1.60. The van der Waals surface area contributed by atoms with E-state index >= 15 is 4.39 Å². The number of nitrogens with one attached hydrogen (secondary N) is 3. The van der Waals surface area contributed by atoms with Crippen LogP contribution < -0.4 is 16.0 Å². The molecular formula is C37H51FN10O18. The zero-order valence-corrected chi connectivity index (χ0v) is 35.4. The molecule has 10 N–H and O–H groups in total. The highest BCUT2D eigenvalue weighted by molar-refractivity contribution is 5.87. The fourth-order valence-electron chi connectivity index (χ4n) is 6.05. The summed E-state index contributed by atoms with van der Waals surface area (Å²) < 4.78 is 18.9. The van der Waals surface area contributed by atoms with Crippen LogP contribution in [0.15, 0.2) is 24.8 Å². The highest BCUT2D eigenvalue weighted by atomic mass is 19.1. The summed E-state index contributed by atoms with van der Waals surface area (Å²) in [5, 5.41) is 71.0. The number of urea groups is 1. The number of rotatable bonds is 32. The molecule has 0 radical (unpaired) electrons. The molecule has 2 unspecified atom stereocenters. The number of halogens is 1. The molecule has 4 atom stereocenters. The van der Waals surface area contributed by atoms with Crippen molar-refractivity contribution in [3.05, 3.63) is 36.4 Å². The van der Waals surface area contributed by atoms with Gasteiger partial charge in [0.05, 0.1) is 13.1 Å². The number of nitrogens with zero attached hydrogens (tertiary/aromatic N) is 7. The number of imidazole rings is 2. The number of carbonyl (C=O) groups excluding carboxylic acids is 4. The zero-order valence-electron chi connectivity index (χ0n) is 35.4. The number of hydrogen-bond donors (Lipinski definition) is 10. The van der Waals surface area contributed by atoms with Crippen molar-refractivity contribution in [2.75, 3.05) is 32.7 Å². The summed E-state index contributed by atoms with van der Waals surface area (Å²) in [6, 6.07) is -4.26. The molecule has 0 aromatic carbocycles. The lowest BCUT2D eigenvalue weighted by Crippen LogP contribution is -2.51. The molecule has 0 spiro atoms. The van der Waals surface area contributed by atoms with Gasteiger partial charge in [0.2, 0.25) is 17.7 Å². The summed E-state index contributed by atoms with van der Waals surface area (Å²) in [4.78, 5) is 141. The van der Waals surface area contributed by atoms with Crippen molar-refractivity contribution in [1.82, 2.24) is 49.8 Å². The first-order valence-corrected chi connectivity index (χ1v) is 19.8. The maximum atomic E-state index is 16.5. The average Bonchev–Trinajstić information content (AvgIpc) is 3.84. The Hall–Kier alpha value is -7.72. The molecule has 5 amide bonds. The van der Waals surface area contributed by atoms with Gasteiger partial charge in [0, 0.05) is 50.1 Å². The van der Waals surface area contributed by atoms with E-state index in [0.717, 1.165) is 4.90 Å². The van der Waals surface area contributed by atoms with Crippen molar-refractivity contribution in [1.29, 1.82) is 0 Å². The molecule has 0 aliphatic rings. The van der Waals surface area contributed by atoms with E-state index < -0.39 is 161 Å². The Bertz CT molecular complexity index is 1960. The van der Waals surface area contributed by atoms with Crippen LogP contribution in [-0.2, 0) is 74.1 Å². The second-order valence-corrected chi connectivity index (χ2v) is 14.6.